The molecule has 0 saturated carbocycles. The number of anilines is 2. The highest BCUT2D eigenvalue weighted by Crippen LogP contribution is 2.31. The number of benzene rings is 2. The van der Waals surface area contributed by atoms with Gasteiger partial charge in [0.15, 0.2) is 5.82 Å². The lowest BCUT2D eigenvalue weighted by Crippen LogP contribution is -2.18. The lowest BCUT2D eigenvalue weighted by molar-refractivity contribution is 0.596. The summed E-state index contributed by atoms with van der Waals surface area (Å²) < 4.78 is 26.8. The van der Waals surface area contributed by atoms with Crippen molar-refractivity contribution in [1.29, 1.82) is 0 Å². The highest BCUT2D eigenvalue weighted by Gasteiger charge is 2.18. The third-order valence-electron chi connectivity index (χ3n) is 5.20. The van der Waals surface area contributed by atoms with Gasteiger partial charge in [-0.3, -0.25) is 0 Å². The van der Waals surface area contributed by atoms with Gasteiger partial charge in [0.05, 0.1) is 30.9 Å². The van der Waals surface area contributed by atoms with E-state index in [1.165, 1.54) is 17.7 Å². The zero-order valence-corrected chi connectivity index (χ0v) is 18.7. The highest BCUT2D eigenvalue weighted by atomic mass is 32.2. The zero-order chi connectivity index (χ0) is 22.0. The number of nitrogens with zero attached hydrogens (tertiary/aromatic N) is 2. The maximum absolute atomic E-state index is 13.0. The van der Waals surface area contributed by atoms with Gasteiger partial charge < -0.3 is 10.6 Å². The molecule has 1 aliphatic heterocycles. The predicted molar refractivity (Wildman–Crippen MR) is 127 cm³/mol. The minimum atomic E-state index is -3.60. The first-order chi connectivity index (χ1) is 15.6. The minimum Gasteiger partial charge on any atom is -0.339 e. The Hall–Kier alpha value is -3.25. The van der Waals surface area contributed by atoms with Crippen molar-refractivity contribution in [3.63, 3.8) is 0 Å². The monoisotopic (exact) mass is 460 g/mol. The second kappa shape index (κ2) is 8.71. The molecule has 0 radical (unpaired) electrons. The molecule has 0 unspecified atom stereocenters. The Balaban J connectivity index is 1.44. The van der Waals surface area contributed by atoms with Crippen LogP contribution in [0.2, 0.25) is 0 Å². The number of hydrogen-bond donors (Lipinski definition) is 2. The standard InChI is InChI=1S/C24H20N4O2S2/c29-32(30,20-8-2-1-3-9-20)21-10-4-6-18(14-21)28-24-23-22(26-16-27-24)15-19(31-23)12-11-17-7-5-13-25-17/h1-4,6,8-10,14-17,25H,5,7,13H2,(H,26,27,28)/t17-/m1/s1. The van der Waals surface area contributed by atoms with Crippen LogP contribution < -0.4 is 10.6 Å². The Labute approximate surface area is 190 Å². The summed E-state index contributed by atoms with van der Waals surface area (Å²) in [5.74, 6) is 7.15. The van der Waals surface area contributed by atoms with E-state index in [1.807, 2.05) is 12.1 Å². The number of nitrogens with one attached hydrogen (secondary N) is 2. The van der Waals surface area contributed by atoms with Crippen molar-refractivity contribution in [2.75, 3.05) is 11.9 Å². The smallest absolute Gasteiger partial charge is 0.206 e. The van der Waals surface area contributed by atoms with E-state index >= 15 is 0 Å². The van der Waals surface area contributed by atoms with E-state index < -0.39 is 9.84 Å². The Morgan fingerprint density at radius 1 is 1.03 bits per heavy atom. The summed E-state index contributed by atoms with van der Waals surface area (Å²) in [5, 5.41) is 6.63. The van der Waals surface area contributed by atoms with Crippen LogP contribution in [0.4, 0.5) is 11.5 Å². The molecule has 5 rings (SSSR count). The molecule has 3 heterocycles. The van der Waals surface area contributed by atoms with Crippen LogP contribution in [0.25, 0.3) is 10.2 Å². The van der Waals surface area contributed by atoms with Gasteiger partial charge in [-0.1, -0.05) is 36.1 Å². The Morgan fingerprint density at radius 3 is 2.69 bits per heavy atom. The molecule has 0 spiro atoms. The van der Waals surface area contributed by atoms with Gasteiger partial charge in [0.2, 0.25) is 9.84 Å². The van der Waals surface area contributed by atoms with Crippen LogP contribution in [0.1, 0.15) is 17.7 Å². The van der Waals surface area contributed by atoms with E-state index in [-0.39, 0.29) is 15.8 Å². The van der Waals surface area contributed by atoms with Gasteiger partial charge in [0.1, 0.15) is 6.33 Å². The summed E-state index contributed by atoms with van der Waals surface area (Å²) in [5.41, 5.74) is 1.45. The van der Waals surface area contributed by atoms with Gasteiger partial charge in [-0.05, 0) is 55.8 Å². The molecule has 4 aromatic rings. The van der Waals surface area contributed by atoms with Crippen molar-refractivity contribution < 1.29 is 8.42 Å². The number of rotatable bonds is 4. The molecule has 2 N–H and O–H groups in total. The molecule has 32 heavy (non-hydrogen) atoms. The second-order valence-electron chi connectivity index (χ2n) is 7.43. The fraction of sp³-hybridized carbons (Fsp3) is 0.167. The van der Waals surface area contributed by atoms with Gasteiger partial charge in [-0.15, -0.1) is 11.3 Å². The molecule has 1 aliphatic rings. The fourth-order valence-corrected chi connectivity index (χ4v) is 5.83. The maximum Gasteiger partial charge on any atom is 0.206 e. The van der Waals surface area contributed by atoms with E-state index in [0.717, 1.165) is 34.5 Å². The summed E-state index contributed by atoms with van der Waals surface area (Å²) in [7, 11) is -3.60. The maximum atomic E-state index is 13.0. The highest BCUT2D eigenvalue weighted by molar-refractivity contribution is 7.91. The van der Waals surface area contributed by atoms with E-state index in [2.05, 4.69) is 32.4 Å². The Bertz CT molecular complexity index is 1430. The Kier molecular flexibility index (Phi) is 5.62. The lowest BCUT2D eigenvalue weighted by atomic mass is 10.2. The van der Waals surface area contributed by atoms with Crippen LogP contribution in [0.3, 0.4) is 0 Å². The fourth-order valence-electron chi connectivity index (χ4n) is 3.58. The molecule has 2 aromatic carbocycles. The summed E-state index contributed by atoms with van der Waals surface area (Å²) >= 11 is 1.53. The van der Waals surface area contributed by atoms with Gasteiger partial charge in [-0.2, -0.15) is 0 Å². The second-order valence-corrected chi connectivity index (χ2v) is 10.4. The van der Waals surface area contributed by atoms with Crippen LogP contribution >= 0.6 is 11.3 Å². The molecule has 2 aromatic heterocycles. The molecular weight excluding hydrogens is 440 g/mol. The van der Waals surface area contributed by atoms with Crippen LogP contribution in [-0.4, -0.2) is 31.0 Å². The third-order valence-corrected chi connectivity index (χ3v) is 8.02. The van der Waals surface area contributed by atoms with Crippen LogP contribution in [0, 0.1) is 11.8 Å². The summed E-state index contributed by atoms with van der Waals surface area (Å²) in [4.78, 5) is 10.2. The molecule has 6 nitrogen and oxygen atoms in total. The number of thiophene rings is 1. The summed E-state index contributed by atoms with van der Waals surface area (Å²) in [6, 6.07) is 17.4. The van der Waals surface area contributed by atoms with Crippen molar-refractivity contribution >= 4 is 42.9 Å². The molecule has 0 aliphatic carbocycles. The van der Waals surface area contributed by atoms with Crippen LogP contribution in [0.5, 0.6) is 0 Å². The molecule has 1 saturated heterocycles. The molecule has 0 amide bonds. The third kappa shape index (κ3) is 4.23. The lowest BCUT2D eigenvalue weighted by Gasteiger charge is -2.09. The summed E-state index contributed by atoms with van der Waals surface area (Å²) in [6.45, 7) is 1.02. The number of aromatic nitrogens is 2. The number of fused-ring (bicyclic) bond motifs is 1. The first-order valence-corrected chi connectivity index (χ1v) is 12.6. The van der Waals surface area contributed by atoms with E-state index in [9.17, 15) is 8.42 Å². The largest absolute Gasteiger partial charge is 0.339 e. The van der Waals surface area contributed by atoms with Crippen molar-refractivity contribution in [1.82, 2.24) is 15.3 Å². The van der Waals surface area contributed by atoms with Crippen molar-refractivity contribution in [3.05, 3.63) is 71.9 Å². The predicted octanol–water partition coefficient (Wildman–Crippen LogP) is 4.37. The quantitative estimate of drug-likeness (QED) is 0.440. The molecule has 8 heteroatoms. The normalized spacial score (nSPS) is 15.9. The number of sulfone groups is 1. The molecule has 1 atom stereocenters. The molecule has 0 bridgehead atoms. The van der Waals surface area contributed by atoms with E-state index in [4.69, 9.17) is 0 Å². The molecule has 160 valence electrons. The summed E-state index contributed by atoms with van der Waals surface area (Å²) in [6.07, 6.45) is 3.73. The zero-order valence-electron chi connectivity index (χ0n) is 17.1. The van der Waals surface area contributed by atoms with Gasteiger partial charge in [-0.25, -0.2) is 18.4 Å². The van der Waals surface area contributed by atoms with Crippen LogP contribution in [0.15, 0.2) is 76.8 Å². The minimum absolute atomic E-state index is 0.223. The van der Waals surface area contributed by atoms with Gasteiger partial charge in [0, 0.05) is 5.69 Å². The molecular formula is C24H20N4O2S2. The average Bonchev–Trinajstić information content (AvgIpc) is 3.49. The van der Waals surface area contributed by atoms with Gasteiger partial charge in [0.25, 0.3) is 0 Å². The molecule has 1 fully saturated rings. The topological polar surface area (TPSA) is 84.0 Å². The van der Waals surface area contributed by atoms with E-state index in [0.29, 0.717) is 11.5 Å². The van der Waals surface area contributed by atoms with Crippen molar-refractivity contribution in [2.24, 2.45) is 0 Å². The van der Waals surface area contributed by atoms with Crippen molar-refractivity contribution in [3.8, 4) is 11.8 Å². The SMILES string of the molecule is O=S(=O)(c1ccccc1)c1cccc(Nc2ncnc3cc(C#C[C@H]4CCCN4)sc23)c1. The Morgan fingerprint density at radius 2 is 1.88 bits per heavy atom. The van der Waals surface area contributed by atoms with Crippen LogP contribution in [-0.2, 0) is 9.84 Å². The number of hydrogen-bond acceptors (Lipinski definition) is 7. The van der Waals surface area contributed by atoms with E-state index in [1.54, 1.807) is 48.5 Å². The average molecular weight is 461 g/mol. The van der Waals surface area contributed by atoms with Gasteiger partial charge >= 0.3 is 0 Å². The van der Waals surface area contributed by atoms with Crippen molar-refractivity contribution in [2.45, 2.75) is 28.7 Å². The first kappa shape index (κ1) is 20.6. The first-order valence-electron chi connectivity index (χ1n) is 10.3.